The van der Waals surface area contributed by atoms with Crippen LogP contribution in [0, 0.1) is 0 Å². The van der Waals surface area contributed by atoms with Gasteiger partial charge < -0.3 is 31.7 Å². The van der Waals surface area contributed by atoms with Crippen molar-refractivity contribution in [1.29, 1.82) is 0 Å². The van der Waals surface area contributed by atoms with Crippen LogP contribution in [0.2, 0.25) is 0 Å². The van der Waals surface area contributed by atoms with Crippen molar-refractivity contribution in [2.24, 2.45) is 0 Å². The third-order valence-corrected chi connectivity index (χ3v) is 4.58. The summed E-state index contributed by atoms with van der Waals surface area (Å²) in [5.74, 6) is 0. The molecular weight excluding hydrogens is 426 g/mol. The van der Waals surface area contributed by atoms with Crippen LogP contribution in [-0.4, -0.2) is 17.0 Å². The summed E-state index contributed by atoms with van der Waals surface area (Å²) in [5, 5.41) is 5.40. The molecule has 0 saturated heterocycles. The van der Waals surface area contributed by atoms with Crippen molar-refractivity contribution in [2.45, 2.75) is 11.4 Å². The van der Waals surface area contributed by atoms with Crippen LogP contribution in [0.25, 0.3) is 11.1 Å². The number of benzene rings is 3. The lowest BCUT2D eigenvalue weighted by atomic mass is 10.1. The van der Waals surface area contributed by atoms with Gasteiger partial charge in [-0.15, -0.1) is 12.6 Å². The van der Waals surface area contributed by atoms with E-state index >= 15 is 0 Å². The van der Waals surface area contributed by atoms with Crippen molar-refractivity contribution in [3.05, 3.63) is 103 Å². The number of hydrogen-bond acceptors (Lipinski definition) is 4. The highest BCUT2D eigenvalue weighted by Gasteiger charge is 2.02. The monoisotopic (exact) mass is 459 g/mol. The molecule has 0 atom stereocenters. The van der Waals surface area contributed by atoms with Crippen LogP contribution in [0.15, 0.2) is 107 Å². The van der Waals surface area contributed by atoms with E-state index in [1.165, 1.54) is 11.1 Å². The van der Waals surface area contributed by atoms with Crippen LogP contribution < -0.4 is 16.4 Å². The highest BCUT2D eigenvalue weighted by molar-refractivity contribution is 7.80. The summed E-state index contributed by atoms with van der Waals surface area (Å²) in [6.45, 7) is 0.428. The van der Waals surface area contributed by atoms with E-state index in [9.17, 15) is 4.79 Å². The molecule has 174 valence electrons. The van der Waals surface area contributed by atoms with E-state index in [0.717, 1.165) is 10.5 Å². The van der Waals surface area contributed by atoms with Crippen molar-refractivity contribution < 1.29 is 24.4 Å². The molecule has 0 bridgehead atoms. The molecule has 1 heterocycles. The Balaban J connectivity index is -0.000000524. The fourth-order valence-corrected chi connectivity index (χ4v) is 2.94. The normalized spacial score (nSPS) is 9.28. The molecule has 0 aliphatic rings. The molecule has 7 nitrogen and oxygen atoms in total. The Kier molecular flexibility index (Phi) is 11.1. The van der Waals surface area contributed by atoms with Gasteiger partial charge in [-0.1, -0.05) is 48.5 Å². The minimum absolute atomic E-state index is 0. The molecule has 0 unspecified atom stereocenters. The summed E-state index contributed by atoms with van der Waals surface area (Å²) in [5.41, 5.74) is 10.2. The number of furan rings is 1. The lowest BCUT2D eigenvalue weighted by molar-refractivity contribution is 0.251. The molecule has 4 rings (SSSR count). The lowest BCUT2D eigenvalue weighted by Gasteiger charge is -2.06. The van der Waals surface area contributed by atoms with Gasteiger partial charge in [-0.05, 0) is 47.5 Å². The van der Waals surface area contributed by atoms with Gasteiger partial charge in [0.1, 0.15) is 0 Å². The topological polar surface area (TPSA) is 143 Å². The number of hydrogen-bond donors (Lipinski definition) is 4. The number of amides is 2. The van der Waals surface area contributed by atoms with Crippen LogP contribution in [0.3, 0.4) is 0 Å². The second-order valence-corrected chi connectivity index (χ2v) is 6.93. The maximum absolute atomic E-state index is 11.5. The first-order valence-electron chi connectivity index (χ1n) is 9.37. The largest absolute Gasteiger partial charge is 0.472 e. The first kappa shape index (κ1) is 26.3. The highest BCUT2D eigenvalue weighted by atomic mass is 32.1. The van der Waals surface area contributed by atoms with Crippen LogP contribution >= 0.6 is 12.6 Å². The summed E-state index contributed by atoms with van der Waals surface area (Å²) >= 11 is 4.41. The summed E-state index contributed by atoms with van der Waals surface area (Å²) in [6, 6.07) is 26.9. The Labute approximate surface area is 196 Å². The number of urea groups is 1. The highest BCUT2D eigenvalue weighted by Crippen LogP contribution is 2.25. The molecule has 0 aliphatic carbocycles. The fourth-order valence-electron chi connectivity index (χ4n) is 2.65. The van der Waals surface area contributed by atoms with Crippen molar-refractivity contribution in [1.82, 2.24) is 5.32 Å². The Morgan fingerprint density at radius 1 is 0.906 bits per heavy atom. The summed E-state index contributed by atoms with van der Waals surface area (Å²) in [4.78, 5) is 12.5. The predicted octanol–water partition coefficient (Wildman–Crippen LogP) is 4.91. The van der Waals surface area contributed by atoms with E-state index < -0.39 is 0 Å². The maximum atomic E-state index is 11.5. The second-order valence-electron chi connectivity index (χ2n) is 6.44. The minimum Gasteiger partial charge on any atom is -0.472 e. The zero-order valence-corrected chi connectivity index (χ0v) is 18.2. The number of nitrogens with one attached hydrogen (secondary N) is 2. The third-order valence-electron chi connectivity index (χ3n) is 4.19. The van der Waals surface area contributed by atoms with Gasteiger partial charge >= 0.3 is 6.03 Å². The van der Waals surface area contributed by atoms with Gasteiger partial charge in [0, 0.05) is 32.7 Å². The van der Waals surface area contributed by atoms with Gasteiger partial charge in [-0.2, -0.15) is 0 Å². The third kappa shape index (κ3) is 8.19. The van der Waals surface area contributed by atoms with E-state index in [0.29, 0.717) is 17.9 Å². The van der Waals surface area contributed by atoms with Gasteiger partial charge in [0.2, 0.25) is 0 Å². The SMILES string of the molecule is Nc1ccc(NC(=O)NCc2ccoc2)cc1.O.O.Sc1ccccc1-c1ccccc1.[HH].[HH].[HH]. The minimum atomic E-state index is -0.268. The van der Waals surface area contributed by atoms with Gasteiger partial charge in [-0.3, -0.25) is 0 Å². The Morgan fingerprint density at radius 3 is 2.19 bits per heavy atom. The summed E-state index contributed by atoms with van der Waals surface area (Å²) in [7, 11) is 0. The number of nitrogen functional groups attached to an aromatic ring is 1. The van der Waals surface area contributed by atoms with E-state index in [1.807, 2.05) is 36.4 Å². The van der Waals surface area contributed by atoms with E-state index in [2.05, 4.69) is 41.5 Å². The average molecular weight is 460 g/mol. The van der Waals surface area contributed by atoms with Crippen molar-refractivity contribution >= 4 is 30.0 Å². The molecule has 3 aromatic carbocycles. The standard InChI is InChI=1S/C12H13N3O2.C12H10S.2H2O.3H2/c13-10-1-3-11(4-2-10)15-12(16)14-7-9-5-6-17-8-9;13-12-9-5-4-8-11(12)10-6-2-1-3-7-10;;;;;/h1-6,8H,7,13H2,(H2,14,15,16);1-9,13H;2*1H2;3*1H. The van der Waals surface area contributed by atoms with Crippen LogP contribution in [0.4, 0.5) is 16.2 Å². The van der Waals surface area contributed by atoms with E-state index in [1.54, 1.807) is 42.9 Å². The first-order chi connectivity index (χ1) is 14.6. The van der Waals surface area contributed by atoms with Crippen LogP contribution in [0.5, 0.6) is 0 Å². The number of anilines is 2. The first-order valence-corrected chi connectivity index (χ1v) is 9.81. The maximum Gasteiger partial charge on any atom is 0.319 e. The molecular formula is C24H33N3O4S. The summed E-state index contributed by atoms with van der Waals surface area (Å²) in [6.07, 6.45) is 3.15. The van der Waals surface area contributed by atoms with Gasteiger partial charge in [-0.25, -0.2) is 4.79 Å². The van der Waals surface area contributed by atoms with Gasteiger partial charge in [0.05, 0.1) is 12.5 Å². The Morgan fingerprint density at radius 2 is 1.56 bits per heavy atom. The van der Waals surface area contributed by atoms with Gasteiger partial charge in [0.15, 0.2) is 0 Å². The number of nitrogens with two attached hydrogens (primary N) is 1. The molecule has 0 fully saturated rings. The van der Waals surface area contributed by atoms with E-state index in [-0.39, 0.29) is 21.3 Å². The zero-order valence-electron chi connectivity index (χ0n) is 17.3. The van der Waals surface area contributed by atoms with E-state index in [4.69, 9.17) is 10.2 Å². The van der Waals surface area contributed by atoms with Gasteiger partial charge in [0.25, 0.3) is 0 Å². The molecule has 0 spiro atoms. The molecule has 0 saturated carbocycles. The Bertz CT molecular complexity index is 1070. The molecule has 32 heavy (non-hydrogen) atoms. The van der Waals surface area contributed by atoms with Crippen LogP contribution in [-0.2, 0) is 6.54 Å². The van der Waals surface area contributed by atoms with Crippen molar-refractivity contribution in [2.75, 3.05) is 11.1 Å². The lowest BCUT2D eigenvalue weighted by Crippen LogP contribution is -2.27. The van der Waals surface area contributed by atoms with Crippen LogP contribution in [0.1, 0.15) is 9.84 Å². The quantitative estimate of drug-likeness (QED) is 0.254. The van der Waals surface area contributed by atoms with Crippen molar-refractivity contribution in [3.8, 4) is 11.1 Å². The predicted molar refractivity (Wildman–Crippen MR) is 138 cm³/mol. The smallest absolute Gasteiger partial charge is 0.319 e. The molecule has 0 radical (unpaired) electrons. The zero-order chi connectivity index (χ0) is 21.2. The number of carbonyl (C=O) groups excluding carboxylic acids is 1. The summed E-state index contributed by atoms with van der Waals surface area (Å²) < 4.78 is 4.89. The molecule has 8 heteroatoms. The second kappa shape index (κ2) is 13.6. The molecule has 2 amide bonds. The molecule has 0 aliphatic heterocycles. The molecule has 8 N–H and O–H groups in total. The average Bonchev–Trinajstić information content (AvgIpc) is 3.29. The molecule has 1 aromatic heterocycles. The number of thiol groups is 1. The number of carbonyl (C=O) groups is 1. The fraction of sp³-hybridized carbons (Fsp3) is 0.0417. The number of rotatable bonds is 4. The molecule has 4 aromatic rings. The van der Waals surface area contributed by atoms with Crippen molar-refractivity contribution in [3.63, 3.8) is 0 Å². The Hall–Kier alpha value is -3.72.